The molecule has 0 atom stereocenters. The number of hydrogen-bond donors (Lipinski definition) is 2. The van der Waals surface area contributed by atoms with Crippen molar-refractivity contribution in [2.75, 3.05) is 5.32 Å². The molecule has 0 unspecified atom stereocenters. The molecule has 4 saturated carbocycles. The highest BCUT2D eigenvalue weighted by atomic mass is 32.1. The minimum atomic E-state index is -1.02. The minimum Gasteiger partial charge on any atom is -0.476 e. The SMILES string of the molecule is Cc1c(-c2sc3c(-c4ccc(Nc5nc6ccccc6s5)nn4)cnn3c2C(=O)O)cnn1CC12CC3CC(CC(C3)C1)C2. The summed E-state index contributed by atoms with van der Waals surface area (Å²) in [6, 6.07) is 11.7. The lowest BCUT2D eigenvalue weighted by Gasteiger charge is -2.56. The van der Waals surface area contributed by atoms with Crippen LogP contribution in [-0.4, -0.2) is 45.7 Å². The second-order valence-electron chi connectivity index (χ2n) is 13.0. The van der Waals surface area contributed by atoms with Gasteiger partial charge in [-0.3, -0.25) is 4.68 Å². The van der Waals surface area contributed by atoms with Crippen LogP contribution in [0.1, 0.15) is 54.7 Å². The number of aromatic carboxylic acids is 1. The van der Waals surface area contributed by atoms with E-state index in [1.165, 1.54) is 54.4 Å². The van der Waals surface area contributed by atoms with Crippen molar-refractivity contribution in [3.63, 3.8) is 0 Å². The fourth-order valence-electron chi connectivity index (χ4n) is 8.59. The van der Waals surface area contributed by atoms with Crippen LogP contribution in [0.2, 0.25) is 0 Å². The van der Waals surface area contributed by atoms with Crippen LogP contribution in [-0.2, 0) is 6.54 Å². The lowest BCUT2D eigenvalue weighted by atomic mass is 9.49. The van der Waals surface area contributed by atoms with Crippen molar-refractivity contribution >= 4 is 54.6 Å². The zero-order valence-electron chi connectivity index (χ0n) is 24.1. The van der Waals surface area contributed by atoms with Crippen molar-refractivity contribution in [2.45, 2.75) is 52.0 Å². The van der Waals surface area contributed by atoms with Crippen molar-refractivity contribution in [2.24, 2.45) is 23.2 Å². The lowest BCUT2D eigenvalue weighted by molar-refractivity contribution is -0.0638. The Morgan fingerprint density at radius 3 is 2.43 bits per heavy atom. The van der Waals surface area contributed by atoms with Crippen LogP contribution < -0.4 is 5.32 Å². The summed E-state index contributed by atoms with van der Waals surface area (Å²) < 4.78 is 4.75. The number of carboxylic acid groups (broad SMARTS) is 1. The zero-order chi connectivity index (χ0) is 29.6. The number of aromatic nitrogens is 7. The number of benzene rings is 1. The third-order valence-electron chi connectivity index (χ3n) is 10.0. The third-order valence-corrected chi connectivity index (χ3v) is 12.2. The summed E-state index contributed by atoms with van der Waals surface area (Å²) in [5, 5.41) is 32.4. The summed E-state index contributed by atoms with van der Waals surface area (Å²) in [7, 11) is 0. The van der Waals surface area contributed by atoms with E-state index in [9.17, 15) is 9.90 Å². The molecule has 5 heterocycles. The number of hydrogen-bond acceptors (Lipinski definition) is 9. The van der Waals surface area contributed by atoms with Crippen molar-refractivity contribution in [3.05, 3.63) is 60.2 Å². The Morgan fingerprint density at radius 2 is 1.73 bits per heavy atom. The maximum Gasteiger partial charge on any atom is 0.356 e. The van der Waals surface area contributed by atoms with Gasteiger partial charge in [-0.2, -0.15) is 10.2 Å². The standard InChI is InChI=1S/C32H30N8O2S2/c1-17-21(14-33-39(17)16-32-11-18-8-19(12-32)10-20(9-18)13-32)28-27(30(41)42)40-29(44-28)22(15-34-40)23-6-7-26(38-37-23)36-31-35-24-4-2-3-5-25(24)43-31/h2-7,14-15,18-20H,8-13,16H2,1H3,(H,41,42)(H,35,36,38). The van der Waals surface area contributed by atoms with E-state index in [1.807, 2.05) is 42.6 Å². The lowest BCUT2D eigenvalue weighted by Crippen LogP contribution is -2.48. The molecule has 12 heteroatoms. The number of nitrogens with zero attached hydrogens (tertiary/aromatic N) is 7. The van der Waals surface area contributed by atoms with E-state index in [4.69, 9.17) is 5.10 Å². The molecule has 4 fully saturated rings. The highest BCUT2D eigenvalue weighted by molar-refractivity contribution is 7.22. The van der Waals surface area contributed by atoms with Gasteiger partial charge in [0.25, 0.3) is 0 Å². The number of anilines is 2. The number of thiazole rings is 2. The van der Waals surface area contributed by atoms with Gasteiger partial charge in [-0.1, -0.05) is 23.5 Å². The molecule has 0 aliphatic heterocycles. The summed E-state index contributed by atoms with van der Waals surface area (Å²) in [5.74, 6) is 2.18. The van der Waals surface area contributed by atoms with E-state index < -0.39 is 5.97 Å². The fraction of sp³-hybridized carbons (Fsp3) is 0.375. The molecular formula is C32H30N8O2S2. The maximum atomic E-state index is 12.6. The number of rotatable bonds is 7. The first-order valence-electron chi connectivity index (χ1n) is 15.1. The average molecular weight is 623 g/mol. The zero-order valence-corrected chi connectivity index (χ0v) is 25.7. The summed E-state index contributed by atoms with van der Waals surface area (Å²) >= 11 is 2.97. The topological polar surface area (TPSA) is 123 Å². The second-order valence-corrected chi connectivity index (χ2v) is 15.0. The number of nitrogens with one attached hydrogen (secondary N) is 1. The quantitative estimate of drug-likeness (QED) is 0.190. The van der Waals surface area contributed by atoms with Crippen LogP contribution in [0.25, 0.3) is 36.7 Å². The summed E-state index contributed by atoms with van der Waals surface area (Å²) in [6.45, 7) is 2.99. The van der Waals surface area contributed by atoms with Gasteiger partial charge >= 0.3 is 5.97 Å². The summed E-state index contributed by atoms with van der Waals surface area (Å²) in [6.07, 6.45) is 11.7. The molecule has 0 spiro atoms. The highest BCUT2D eigenvalue weighted by Crippen LogP contribution is 2.60. The van der Waals surface area contributed by atoms with Crippen LogP contribution in [0.3, 0.4) is 0 Å². The van der Waals surface area contributed by atoms with Gasteiger partial charge in [-0.15, -0.1) is 21.5 Å². The molecule has 0 saturated heterocycles. The van der Waals surface area contributed by atoms with Crippen LogP contribution in [0.15, 0.2) is 48.8 Å². The fourth-order valence-corrected chi connectivity index (χ4v) is 10.7. The van der Waals surface area contributed by atoms with E-state index in [1.54, 1.807) is 17.5 Å². The van der Waals surface area contributed by atoms with Crippen molar-refractivity contribution < 1.29 is 9.90 Å². The Balaban J connectivity index is 1.02. The van der Waals surface area contributed by atoms with Gasteiger partial charge in [0.2, 0.25) is 0 Å². The van der Waals surface area contributed by atoms with Crippen molar-refractivity contribution in [1.29, 1.82) is 0 Å². The van der Waals surface area contributed by atoms with Gasteiger partial charge in [0, 0.05) is 17.8 Å². The van der Waals surface area contributed by atoms with E-state index in [0.717, 1.165) is 56.5 Å². The van der Waals surface area contributed by atoms with E-state index >= 15 is 0 Å². The number of fused-ring (bicyclic) bond motifs is 2. The summed E-state index contributed by atoms with van der Waals surface area (Å²) in [5.41, 5.74) is 4.64. The Kier molecular flexibility index (Phi) is 5.77. The third kappa shape index (κ3) is 4.18. The first kappa shape index (κ1) is 26.3. The molecule has 44 heavy (non-hydrogen) atoms. The van der Waals surface area contributed by atoms with Crippen LogP contribution in [0, 0.1) is 30.1 Å². The molecule has 4 aliphatic carbocycles. The van der Waals surface area contributed by atoms with Crippen molar-refractivity contribution in [1.82, 2.24) is 34.6 Å². The maximum absolute atomic E-state index is 12.6. The first-order chi connectivity index (χ1) is 21.4. The molecule has 4 aliphatic rings. The summed E-state index contributed by atoms with van der Waals surface area (Å²) in [4.78, 5) is 18.6. The largest absolute Gasteiger partial charge is 0.476 e. The van der Waals surface area contributed by atoms with Crippen LogP contribution in [0.5, 0.6) is 0 Å². The van der Waals surface area contributed by atoms with Gasteiger partial charge < -0.3 is 10.4 Å². The molecule has 4 bridgehead atoms. The van der Waals surface area contributed by atoms with Gasteiger partial charge in [0.15, 0.2) is 16.6 Å². The molecular weight excluding hydrogens is 593 g/mol. The molecule has 10 rings (SSSR count). The Labute approximate surface area is 260 Å². The predicted molar refractivity (Wildman–Crippen MR) is 171 cm³/mol. The molecule has 2 N–H and O–H groups in total. The molecule has 222 valence electrons. The molecule has 0 amide bonds. The van der Waals surface area contributed by atoms with Gasteiger partial charge in [-0.25, -0.2) is 14.3 Å². The van der Waals surface area contributed by atoms with Crippen molar-refractivity contribution in [3.8, 4) is 21.7 Å². The molecule has 10 nitrogen and oxygen atoms in total. The smallest absolute Gasteiger partial charge is 0.356 e. The second kappa shape index (κ2) is 9.67. The highest BCUT2D eigenvalue weighted by Gasteiger charge is 2.51. The number of carboxylic acids is 1. The number of para-hydroxylation sites is 1. The average Bonchev–Trinajstić information content (AvgIpc) is 3.75. The van der Waals surface area contributed by atoms with E-state index in [0.29, 0.717) is 26.6 Å². The van der Waals surface area contributed by atoms with Gasteiger partial charge in [0.1, 0.15) is 4.83 Å². The van der Waals surface area contributed by atoms with E-state index in [-0.39, 0.29) is 5.69 Å². The monoisotopic (exact) mass is 622 g/mol. The molecule has 6 aromatic rings. The van der Waals surface area contributed by atoms with Crippen LogP contribution >= 0.6 is 22.7 Å². The van der Waals surface area contributed by atoms with Gasteiger partial charge in [0.05, 0.1) is 38.7 Å². The van der Waals surface area contributed by atoms with Crippen LogP contribution in [0.4, 0.5) is 10.9 Å². The predicted octanol–water partition coefficient (Wildman–Crippen LogP) is 7.29. The molecule has 5 aromatic heterocycles. The van der Waals surface area contributed by atoms with Gasteiger partial charge in [-0.05, 0) is 92.9 Å². The normalized spacial score (nSPS) is 24.1. The molecule has 1 aromatic carbocycles. The Bertz CT molecular complexity index is 2000. The first-order valence-corrected chi connectivity index (χ1v) is 16.8. The van der Waals surface area contributed by atoms with E-state index in [2.05, 4.69) is 37.2 Å². The number of carbonyl (C=O) groups is 1. The minimum absolute atomic E-state index is 0.149. The molecule has 0 radical (unpaired) electrons. The Hall–Kier alpha value is -4.16. The Morgan fingerprint density at radius 1 is 0.977 bits per heavy atom.